The van der Waals surface area contributed by atoms with Crippen LogP contribution in [0.2, 0.25) is 0 Å². The molecule has 0 unspecified atom stereocenters. The van der Waals surface area contributed by atoms with Crippen molar-refractivity contribution in [3.63, 3.8) is 0 Å². The molecular weight excluding hydrogens is 442 g/mol. The van der Waals surface area contributed by atoms with Gasteiger partial charge in [0.15, 0.2) is 0 Å². The summed E-state index contributed by atoms with van der Waals surface area (Å²) in [6.07, 6.45) is 0.899. The fourth-order valence-corrected chi connectivity index (χ4v) is 5.74. The average molecular weight is 472 g/mol. The van der Waals surface area contributed by atoms with Gasteiger partial charge in [-0.3, -0.25) is 9.59 Å². The predicted molar refractivity (Wildman–Crippen MR) is 139 cm³/mol. The maximum atomic E-state index is 13.4. The normalized spacial score (nSPS) is 15.4. The number of rotatable bonds is 5. The van der Waals surface area contributed by atoms with E-state index in [1.54, 1.807) is 0 Å². The minimum atomic E-state index is 0.0477. The summed E-state index contributed by atoms with van der Waals surface area (Å²) in [6.45, 7) is 5.87. The standard InChI is InChI=1S/C28H29N3O2S/c1-21-8-2-5-11-24(21)29-16-18-30(19-17-29)28(33)23-10-4-7-13-26(23)34-20-27(32)31-15-14-22-9-3-6-12-25(22)31/h2-13H,14-20H2,1H3. The van der Waals surface area contributed by atoms with E-state index in [9.17, 15) is 9.59 Å². The van der Waals surface area contributed by atoms with Crippen molar-refractivity contribution in [2.24, 2.45) is 0 Å². The van der Waals surface area contributed by atoms with Gasteiger partial charge in [-0.2, -0.15) is 0 Å². The molecule has 5 rings (SSSR count). The SMILES string of the molecule is Cc1ccccc1N1CCN(C(=O)c2ccccc2SCC(=O)N2CCc3ccccc32)CC1. The molecule has 1 fully saturated rings. The van der Waals surface area contributed by atoms with Crippen LogP contribution < -0.4 is 9.80 Å². The quantitative estimate of drug-likeness (QED) is 0.509. The van der Waals surface area contributed by atoms with Crippen molar-refractivity contribution in [1.82, 2.24) is 4.90 Å². The number of para-hydroxylation sites is 2. The van der Waals surface area contributed by atoms with Gasteiger partial charge in [0.1, 0.15) is 0 Å². The molecule has 0 saturated carbocycles. The number of piperazine rings is 1. The zero-order valence-corrected chi connectivity index (χ0v) is 20.3. The Hall–Kier alpha value is -3.25. The molecule has 6 heteroatoms. The van der Waals surface area contributed by atoms with Gasteiger partial charge >= 0.3 is 0 Å². The lowest BCUT2D eigenvalue weighted by atomic mass is 10.1. The van der Waals surface area contributed by atoms with Gasteiger partial charge in [0.05, 0.1) is 11.3 Å². The van der Waals surface area contributed by atoms with Gasteiger partial charge in [-0.1, -0.05) is 48.5 Å². The largest absolute Gasteiger partial charge is 0.368 e. The first-order valence-electron chi connectivity index (χ1n) is 11.8. The van der Waals surface area contributed by atoms with Crippen LogP contribution in [-0.4, -0.2) is 55.2 Å². The van der Waals surface area contributed by atoms with Gasteiger partial charge in [-0.15, -0.1) is 11.8 Å². The Kier molecular flexibility index (Phi) is 6.59. The highest BCUT2D eigenvalue weighted by Gasteiger charge is 2.26. The number of hydrogen-bond donors (Lipinski definition) is 0. The second-order valence-corrected chi connectivity index (χ2v) is 9.79. The number of carbonyl (C=O) groups is 2. The summed E-state index contributed by atoms with van der Waals surface area (Å²) in [4.78, 5) is 33.4. The molecule has 2 amide bonds. The second kappa shape index (κ2) is 9.94. The van der Waals surface area contributed by atoms with Crippen LogP contribution in [0, 0.1) is 6.92 Å². The number of carbonyl (C=O) groups excluding carboxylic acids is 2. The fourth-order valence-electron chi connectivity index (χ4n) is 4.82. The first-order valence-corrected chi connectivity index (χ1v) is 12.8. The smallest absolute Gasteiger partial charge is 0.255 e. The lowest BCUT2D eigenvalue weighted by molar-refractivity contribution is -0.116. The summed E-state index contributed by atoms with van der Waals surface area (Å²) in [6, 6.07) is 24.2. The third kappa shape index (κ3) is 4.55. The zero-order valence-electron chi connectivity index (χ0n) is 19.4. The molecular formula is C28H29N3O2S. The molecule has 0 bridgehead atoms. The Bertz CT molecular complexity index is 1200. The summed E-state index contributed by atoms with van der Waals surface area (Å²) in [5.74, 6) is 0.454. The van der Waals surface area contributed by atoms with Gasteiger partial charge < -0.3 is 14.7 Å². The minimum absolute atomic E-state index is 0.0477. The molecule has 5 nitrogen and oxygen atoms in total. The van der Waals surface area contributed by atoms with Crippen molar-refractivity contribution >= 4 is 35.0 Å². The molecule has 3 aromatic carbocycles. The third-order valence-corrected chi connectivity index (χ3v) is 7.74. The Labute approximate surface area is 205 Å². The van der Waals surface area contributed by atoms with Crippen LogP contribution in [0.1, 0.15) is 21.5 Å². The van der Waals surface area contributed by atoms with Crippen molar-refractivity contribution < 1.29 is 9.59 Å². The summed E-state index contributed by atoms with van der Waals surface area (Å²) in [5, 5.41) is 0. The molecule has 34 heavy (non-hydrogen) atoms. The summed E-state index contributed by atoms with van der Waals surface area (Å²) >= 11 is 1.46. The van der Waals surface area contributed by atoms with E-state index in [4.69, 9.17) is 0 Å². The zero-order chi connectivity index (χ0) is 23.5. The molecule has 0 aliphatic carbocycles. The predicted octanol–water partition coefficient (Wildman–Crippen LogP) is 4.64. The summed E-state index contributed by atoms with van der Waals surface area (Å²) in [5.41, 5.74) is 5.43. The fraction of sp³-hybridized carbons (Fsp3) is 0.286. The average Bonchev–Trinajstić information content (AvgIpc) is 3.32. The second-order valence-electron chi connectivity index (χ2n) is 8.77. The molecule has 2 heterocycles. The van der Waals surface area contributed by atoms with Crippen molar-refractivity contribution in [2.75, 3.05) is 48.3 Å². The van der Waals surface area contributed by atoms with Crippen LogP contribution in [0.4, 0.5) is 11.4 Å². The third-order valence-electron chi connectivity index (χ3n) is 6.68. The number of thioether (sulfide) groups is 1. The summed E-state index contributed by atoms with van der Waals surface area (Å²) in [7, 11) is 0. The molecule has 0 radical (unpaired) electrons. The lowest BCUT2D eigenvalue weighted by Gasteiger charge is -2.37. The number of nitrogens with zero attached hydrogens (tertiary/aromatic N) is 3. The van der Waals surface area contributed by atoms with E-state index >= 15 is 0 Å². The van der Waals surface area contributed by atoms with Crippen LogP contribution in [-0.2, 0) is 11.2 Å². The van der Waals surface area contributed by atoms with Gasteiger partial charge in [0.25, 0.3) is 5.91 Å². The van der Waals surface area contributed by atoms with E-state index in [1.807, 2.05) is 52.3 Å². The van der Waals surface area contributed by atoms with E-state index in [2.05, 4.69) is 42.2 Å². The van der Waals surface area contributed by atoms with Crippen molar-refractivity contribution in [2.45, 2.75) is 18.2 Å². The number of benzene rings is 3. The first-order chi connectivity index (χ1) is 16.6. The van der Waals surface area contributed by atoms with Crippen LogP contribution in [0.3, 0.4) is 0 Å². The molecule has 0 N–H and O–H groups in total. The van der Waals surface area contributed by atoms with Crippen molar-refractivity contribution in [3.05, 3.63) is 89.5 Å². The molecule has 3 aromatic rings. The van der Waals surface area contributed by atoms with Crippen molar-refractivity contribution in [3.8, 4) is 0 Å². The van der Waals surface area contributed by atoms with Gasteiger partial charge in [0, 0.05) is 49.0 Å². The number of anilines is 2. The molecule has 2 aliphatic rings. The van der Waals surface area contributed by atoms with Gasteiger partial charge in [-0.25, -0.2) is 0 Å². The van der Waals surface area contributed by atoms with Crippen LogP contribution >= 0.6 is 11.8 Å². The molecule has 174 valence electrons. The van der Waals surface area contributed by atoms with Crippen LogP contribution in [0.5, 0.6) is 0 Å². The molecule has 2 aliphatic heterocycles. The molecule has 0 atom stereocenters. The van der Waals surface area contributed by atoms with Gasteiger partial charge in [0.2, 0.25) is 5.91 Å². The van der Waals surface area contributed by atoms with Crippen LogP contribution in [0.15, 0.2) is 77.7 Å². The Morgan fingerprint density at radius 2 is 1.47 bits per heavy atom. The number of amides is 2. The van der Waals surface area contributed by atoms with E-state index in [1.165, 1.54) is 28.6 Å². The van der Waals surface area contributed by atoms with Crippen molar-refractivity contribution in [1.29, 1.82) is 0 Å². The highest BCUT2D eigenvalue weighted by atomic mass is 32.2. The number of aryl methyl sites for hydroxylation is 1. The van der Waals surface area contributed by atoms with Crippen LogP contribution in [0.25, 0.3) is 0 Å². The molecule has 0 aromatic heterocycles. The Balaban J connectivity index is 1.22. The Morgan fingerprint density at radius 1 is 0.794 bits per heavy atom. The van der Waals surface area contributed by atoms with Gasteiger partial charge in [-0.05, 0) is 48.7 Å². The van der Waals surface area contributed by atoms with E-state index in [-0.39, 0.29) is 11.8 Å². The molecule has 1 saturated heterocycles. The Morgan fingerprint density at radius 3 is 2.26 bits per heavy atom. The minimum Gasteiger partial charge on any atom is -0.368 e. The van der Waals surface area contributed by atoms with E-state index in [0.29, 0.717) is 24.4 Å². The summed E-state index contributed by atoms with van der Waals surface area (Å²) < 4.78 is 0. The highest BCUT2D eigenvalue weighted by molar-refractivity contribution is 8.00. The number of fused-ring (bicyclic) bond motifs is 1. The highest BCUT2D eigenvalue weighted by Crippen LogP contribution is 2.30. The van der Waals surface area contributed by atoms with E-state index in [0.717, 1.165) is 36.6 Å². The first kappa shape index (κ1) is 22.5. The van der Waals surface area contributed by atoms with E-state index < -0.39 is 0 Å². The lowest BCUT2D eigenvalue weighted by Crippen LogP contribution is -2.49. The monoisotopic (exact) mass is 471 g/mol. The maximum absolute atomic E-state index is 13.4. The topological polar surface area (TPSA) is 43.9 Å². The number of hydrogen-bond acceptors (Lipinski definition) is 4. The maximum Gasteiger partial charge on any atom is 0.255 e. The molecule has 0 spiro atoms.